The van der Waals surface area contributed by atoms with Crippen LogP contribution in [0.15, 0.2) is 84.9 Å². The second kappa shape index (κ2) is 7.03. The third-order valence-electron chi connectivity index (χ3n) is 8.69. The number of benzene rings is 4. The minimum atomic E-state index is 0.0383. The van der Waals surface area contributed by atoms with E-state index in [0.717, 1.165) is 0 Å². The van der Waals surface area contributed by atoms with Crippen LogP contribution in [0.4, 0.5) is 0 Å². The Bertz CT molecular complexity index is 1690. The van der Waals surface area contributed by atoms with Crippen LogP contribution in [0.2, 0.25) is 0 Å². The van der Waals surface area contributed by atoms with Crippen LogP contribution in [0.5, 0.6) is 0 Å². The van der Waals surface area contributed by atoms with Gasteiger partial charge in [-0.2, -0.15) is 0 Å². The van der Waals surface area contributed by atoms with E-state index in [0.29, 0.717) is 21.7 Å². The number of para-hydroxylation sites is 1. The van der Waals surface area contributed by atoms with E-state index >= 15 is 0 Å². The van der Waals surface area contributed by atoms with Gasteiger partial charge in [0, 0.05) is 0 Å². The fourth-order valence-corrected chi connectivity index (χ4v) is 9.68. The molecule has 3 heterocycles. The summed E-state index contributed by atoms with van der Waals surface area (Å²) in [5, 5.41) is 1.45. The molecule has 1 aliphatic carbocycles. The maximum absolute atomic E-state index is 2.57. The summed E-state index contributed by atoms with van der Waals surface area (Å²) in [6, 6.07) is 32.6. The van der Waals surface area contributed by atoms with E-state index < -0.39 is 0 Å². The van der Waals surface area contributed by atoms with Crippen LogP contribution in [0.3, 0.4) is 0 Å². The van der Waals surface area contributed by atoms with Crippen LogP contribution in [-0.4, -0.2) is 26.2 Å². The van der Waals surface area contributed by atoms with Crippen molar-refractivity contribution in [2.24, 2.45) is 0 Å². The van der Waals surface area contributed by atoms with Crippen molar-refractivity contribution in [3.63, 3.8) is 0 Å². The molecule has 0 amide bonds. The SMILES string of the molecule is CC1(C)c2ccccc2B2c3ccc(-n4c5c(c6ccccc64)CCC5)cc3[Se]c3cccc1c32. The second-order valence-corrected chi connectivity index (χ2v) is 13.1. The number of hydrogen-bond acceptors (Lipinski definition) is 0. The fraction of sp³-hybridized carbons (Fsp3) is 0.188. The molecule has 0 saturated carbocycles. The van der Waals surface area contributed by atoms with Gasteiger partial charge in [-0.1, -0.05) is 0 Å². The second-order valence-electron chi connectivity index (χ2n) is 10.8. The molecule has 0 saturated heterocycles. The van der Waals surface area contributed by atoms with Crippen LogP contribution < -0.4 is 25.3 Å². The van der Waals surface area contributed by atoms with Crippen LogP contribution >= 0.6 is 0 Å². The van der Waals surface area contributed by atoms with Crippen molar-refractivity contribution >= 4 is 57.9 Å². The Morgan fingerprint density at radius 3 is 2.54 bits per heavy atom. The zero-order valence-electron chi connectivity index (χ0n) is 20.1. The van der Waals surface area contributed by atoms with Gasteiger partial charge < -0.3 is 0 Å². The number of hydrogen-bond donors (Lipinski definition) is 0. The zero-order chi connectivity index (χ0) is 23.3. The maximum atomic E-state index is 2.57. The van der Waals surface area contributed by atoms with Crippen LogP contribution in [0.1, 0.15) is 42.7 Å². The van der Waals surface area contributed by atoms with E-state index in [1.165, 1.54) is 63.6 Å². The predicted molar refractivity (Wildman–Crippen MR) is 150 cm³/mol. The Morgan fingerprint density at radius 1 is 0.771 bits per heavy atom. The number of aromatic nitrogens is 1. The third-order valence-corrected chi connectivity index (χ3v) is 11.1. The summed E-state index contributed by atoms with van der Waals surface area (Å²) >= 11 is 0.307. The molecular weight excluding hydrogens is 488 g/mol. The first-order chi connectivity index (χ1) is 17.1. The van der Waals surface area contributed by atoms with Crippen LogP contribution in [-0.2, 0) is 18.3 Å². The van der Waals surface area contributed by atoms with E-state index in [4.69, 9.17) is 0 Å². The fourth-order valence-electron chi connectivity index (χ4n) is 7.15. The van der Waals surface area contributed by atoms with Gasteiger partial charge in [0.1, 0.15) is 0 Å². The molecule has 1 aromatic heterocycles. The first kappa shape index (κ1) is 20.2. The van der Waals surface area contributed by atoms with Gasteiger partial charge in [-0.15, -0.1) is 0 Å². The first-order valence-electron chi connectivity index (χ1n) is 12.8. The summed E-state index contributed by atoms with van der Waals surface area (Å²) in [6.45, 7) is 5.15. The van der Waals surface area contributed by atoms with Crippen molar-refractivity contribution < 1.29 is 0 Å². The number of fused-ring (bicyclic) bond motifs is 7. The third kappa shape index (κ3) is 2.61. The van der Waals surface area contributed by atoms with Crippen molar-refractivity contribution in [3.8, 4) is 5.69 Å². The summed E-state index contributed by atoms with van der Waals surface area (Å²) < 4.78 is 5.68. The molecule has 8 rings (SSSR count). The minimum absolute atomic E-state index is 0.0383. The van der Waals surface area contributed by atoms with E-state index in [1.54, 1.807) is 19.9 Å². The van der Waals surface area contributed by atoms with Gasteiger partial charge in [-0.3, -0.25) is 0 Å². The molecule has 0 radical (unpaired) electrons. The van der Waals surface area contributed by atoms with Gasteiger partial charge in [0.15, 0.2) is 0 Å². The summed E-state index contributed by atoms with van der Waals surface area (Å²) in [5.41, 5.74) is 13.4. The molecule has 0 fully saturated rings. The molecule has 3 heteroatoms. The van der Waals surface area contributed by atoms with E-state index in [-0.39, 0.29) is 5.41 Å². The molecule has 35 heavy (non-hydrogen) atoms. The average Bonchev–Trinajstić information content (AvgIpc) is 3.47. The molecule has 0 spiro atoms. The Morgan fingerprint density at radius 2 is 1.60 bits per heavy atom. The summed E-state index contributed by atoms with van der Waals surface area (Å²) in [5.74, 6) is 0. The molecule has 0 bridgehead atoms. The van der Waals surface area contributed by atoms with Gasteiger partial charge in [0.25, 0.3) is 0 Å². The van der Waals surface area contributed by atoms with Crippen molar-refractivity contribution in [1.29, 1.82) is 0 Å². The quantitative estimate of drug-likeness (QED) is 0.297. The topological polar surface area (TPSA) is 4.93 Å². The Labute approximate surface area is 213 Å². The summed E-state index contributed by atoms with van der Waals surface area (Å²) in [4.78, 5) is 0. The van der Waals surface area contributed by atoms with Crippen LogP contribution in [0.25, 0.3) is 16.6 Å². The molecular formula is C32H26BNSe. The standard InChI is InChI=1S/C32H26BNSe/c1-32(2)23-11-4-5-13-25(23)33-26-18-17-20(19-30(26)35-29-16-8-12-24(32)31(29)33)34-27-14-6-3-9-21(27)22-10-7-15-28(22)34/h3-6,8-9,11-14,16-19H,7,10,15H2,1-2H3. The Balaban J connectivity index is 1.37. The van der Waals surface area contributed by atoms with Crippen molar-refractivity contribution in [3.05, 3.63) is 107 Å². The van der Waals surface area contributed by atoms with E-state index in [2.05, 4.69) is 103 Å². The van der Waals surface area contributed by atoms with Gasteiger partial charge in [-0.25, -0.2) is 0 Å². The molecule has 3 aliphatic rings. The van der Waals surface area contributed by atoms with Crippen LogP contribution in [0, 0.1) is 0 Å². The summed E-state index contributed by atoms with van der Waals surface area (Å²) in [7, 11) is 0. The molecule has 4 aromatic carbocycles. The predicted octanol–water partition coefficient (Wildman–Crippen LogP) is 3.24. The molecule has 0 N–H and O–H groups in total. The molecule has 5 aromatic rings. The number of rotatable bonds is 1. The molecule has 0 unspecified atom stereocenters. The molecule has 168 valence electrons. The monoisotopic (exact) mass is 515 g/mol. The Kier molecular flexibility index (Phi) is 4.06. The number of nitrogens with zero attached hydrogens (tertiary/aromatic N) is 1. The van der Waals surface area contributed by atoms with Crippen molar-refractivity contribution in [2.75, 3.05) is 0 Å². The van der Waals surface area contributed by atoms with E-state index in [9.17, 15) is 0 Å². The molecule has 2 aliphatic heterocycles. The zero-order valence-corrected chi connectivity index (χ0v) is 21.9. The van der Waals surface area contributed by atoms with Gasteiger partial charge in [-0.05, 0) is 0 Å². The number of aryl methyl sites for hydroxylation is 1. The molecule has 0 atom stereocenters. The van der Waals surface area contributed by atoms with E-state index in [1.807, 2.05) is 0 Å². The van der Waals surface area contributed by atoms with Gasteiger partial charge in [0.2, 0.25) is 0 Å². The molecule has 1 nitrogen and oxygen atoms in total. The van der Waals surface area contributed by atoms with Gasteiger partial charge >= 0.3 is 214 Å². The first-order valence-corrected chi connectivity index (χ1v) is 14.5. The van der Waals surface area contributed by atoms with Crippen molar-refractivity contribution in [1.82, 2.24) is 4.57 Å². The average molecular weight is 514 g/mol. The summed E-state index contributed by atoms with van der Waals surface area (Å²) in [6.07, 6.45) is 3.67. The van der Waals surface area contributed by atoms with Gasteiger partial charge in [0.05, 0.1) is 0 Å². The van der Waals surface area contributed by atoms with Crippen molar-refractivity contribution in [2.45, 2.75) is 38.5 Å². The Hall–Kier alpha value is -3.00. The normalized spacial score (nSPS) is 16.6.